The molecule has 6 nitrogen and oxygen atoms in total. The highest BCUT2D eigenvalue weighted by Crippen LogP contribution is 2.33. The van der Waals surface area contributed by atoms with Crippen LogP contribution >= 0.6 is 0 Å². The van der Waals surface area contributed by atoms with Crippen LogP contribution in [0.15, 0.2) is 36.5 Å². The van der Waals surface area contributed by atoms with Crippen LogP contribution in [-0.2, 0) is 11.0 Å². The minimum atomic E-state index is -4.75. The summed E-state index contributed by atoms with van der Waals surface area (Å²) in [5.74, 6) is -1.88. The SMILES string of the molecule is CC(C)C(=O)Nc1cc(C(=O)NC2CCCN(c3ccc(C(F)(F)F)c(F)c3)C2)ccn1. The molecule has 32 heavy (non-hydrogen) atoms. The van der Waals surface area contributed by atoms with Crippen LogP contribution in [0.3, 0.4) is 0 Å². The Labute approximate surface area is 183 Å². The molecule has 0 radical (unpaired) electrons. The number of halogens is 4. The molecule has 2 N–H and O–H groups in total. The number of hydrogen-bond acceptors (Lipinski definition) is 4. The van der Waals surface area contributed by atoms with Crippen LogP contribution in [0.1, 0.15) is 42.6 Å². The first-order valence-electron chi connectivity index (χ1n) is 10.2. The van der Waals surface area contributed by atoms with E-state index in [-0.39, 0.29) is 29.6 Å². The van der Waals surface area contributed by atoms with Crippen LogP contribution in [0.25, 0.3) is 0 Å². The van der Waals surface area contributed by atoms with Gasteiger partial charge in [0, 0.05) is 42.5 Å². The van der Waals surface area contributed by atoms with Crippen molar-refractivity contribution in [1.29, 1.82) is 0 Å². The van der Waals surface area contributed by atoms with E-state index in [2.05, 4.69) is 15.6 Å². The first-order chi connectivity index (χ1) is 15.0. The molecule has 1 unspecified atom stereocenters. The van der Waals surface area contributed by atoms with Gasteiger partial charge < -0.3 is 15.5 Å². The summed E-state index contributed by atoms with van der Waals surface area (Å²) in [6.07, 6.45) is -1.98. The Kier molecular flexibility index (Phi) is 7.00. The number of rotatable bonds is 5. The fraction of sp³-hybridized carbons (Fsp3) is 0.409. The Hall–Kier alpha value is -3.17. The molecule has 2 heterocycles. The van der Waals surface area contributed by atoms with Crippen molar-refractivity contribution in [2.24, 2.45) is 5.92 Å². The van der Waals surface area contributed by atoms with Crippen molar-refractivity contribution in [1.82, 2.24) is 10.3 Å². The minimum Gasteiger partial charge on any atom is -0.369 e. The van der Waals surface area contributed by atoms with Gasteiger partial charge in [0.2, 0.25) is 5.91 Å². The van der Waals surface area contributed by atoms with E-state index < -0.39 is 17.6 Å². The van der Waals surface area contributed by atoms with Crippen molar-refractivity contribution in [2.45, 2.75) is 38.9 Å². The summed E-state index contributed by atoms with van der Waals surface area (Å²) in [7, 11) is 0. The Morgan fingerprint density at radius 2 is 1.94 bits per heavy atom. The summed E-state index contributed by atoms with van der Waals surface area (Å²) in [4.78, 5) is 30.3. The second-order valence-corrected chi connectivity index (χ2v) is 7.99. The quantitative estimate of drug-likeness (QED) is 0.666. The second kappa shape index (κ2) is 9.54. The molecule has 1 atom stereocenters. The minimum absolute atomic E-state index is 0.221. The smallest absolute Gasteiger partial charge is 0.369 e. The van der Waals surface area contributed by atoms with Crippen molar-refractivity contribution in [3.63, 3.8) is 0 Å². The topological polar surface area (TPSA) is 74.3 Å². The molecular weight excluding hydrogens is 428 g/mol. The third-order valence-electron chi connectivity index (χ3n) is 5.18. The Morgan fingerprint density at radius 3 is 2.59 bits per heavy atom. The molecule has 0 aliphatic carbocycles. The lowest BCUT2D eigenvalue weighted by Crippen LogP contribution is -2.47. The van der Waals surface area contributed by atoms with Gasteiger partial charge in [-0.05, 0) is 43.2 Å². The van der Waals surface area contributed by atoms with E-state index in [1.54, 1.807) is 18.7 Å². The van der Waals surface area contributed by atoms with Crippen LogP contribution in [0, 0.1) is 11.7 Å². The molecule has 0 spiro atoms. The number of carbonyl (C=O) groups is 2. The van der Waals surface area contributed by atoms with Gasteiger partial charge in [-0.1, -0.05) is 13.8 Å². The predicted octanol–water partition coefficient (Wildman–Crippen LogP) is 4.23. The normalized spacial score (nSPS) is 16.7. The number of aromatic nitrogens is 1. The third kappa shape index (κ3) is 5.74. The zero-order chi connectivity index (χ0) is 23.5. The maximum Gasteiger partial charge on any atom is 0.419 e. The third-order valence-corrected chi connectivity index (χ3v) is 5.18. The first kappa shape index (κ1) is 23.5. The number of alkyl halides is 3. The molecule has 2 aromatic rings. The molecule has 1 saturated heterocycles. The number of nitrogens with zero attached hydrogens (tertiary/aromatic N) is 2. The van der Waals surface area contributed by atoms with E-state index in [0.717, 1.165) is 12.1 Å². The number of pyridine rings is 1. The lowest BCUT2D eigenvalue weighted by Gasteiger charge is -2.35. The van der Waals surface area contributed by atoms with Crippen LogP contribution in [-0.4, -0.2) is 35.9 Å². The van der Waals surface area contributed by atoms with Crippen molar-refractivity contribution >= 4 is 23.3 Å². The van der Waals surface area contributed by atoms with Crippen LogP contribution < -0.4 is 15.5 Å². The average Bonchev–Trinajstić information content (AvgIpc) is 2.73. The van der Waals surface area contributed by atoms with Crippen LogP contribution in [0.4, 0.5) is 29.1 Å². The fourth-order valence-corrected chi connectivity index (χ4v) is 3.44. The second-order valence-electron chi connectivity index (χ2n) is 7.99. The molecule has 1 aromatic heterocycles. The van der Waals surface area contributed by atoms with E-state index in [0.29, 0.717) is 37.2 Å². The number of hydrogen-bond donors (Lipinski definition) is 2. The molecule has 0 bridgehead atoms. The van der Waals surface area contributed by atoms with E-state index in [9.17, 15) is 27.2 Å². The highest BCUT2D eigenvalue weighted by Gasteiger charge is 2.34. The molecule has 2 amide bonds. The number of benzene rings is 1. The van der Waals surface area contributed by atoms with Crippen molar-refractivity contribution in [2.75, 3.05) is 23.3 Å². The van der Waals surface area contributed by atoms with E-state index >= 15 is 0 Å². The Morgan fingerprint density at radius 1 is 1.19 bits per heavy atom. The molecule has 1 fully saturated rings. The Bertz CT molecular complexity index is 994. The predicted molar refractivity (Wildman–Crippen MR) is 112 cm³/mol. The first-order valence-corrected chi connectivity index (χ1v) is 10.2. The maximum absolute atomic E-state index is 14.0. The van der Waals surface area contributed by atoms with Crippen molar-refractivity contribution < 1.29 is 27.2 Å². The number of anilines is 2. The molecule has 1 aliphatic rings. The lowest BCUT2D eigenvalue weighted by atomic mass is 10.0. The molecule has 172 valence electrons. The number of nitrogens with one attached hydrogen (secondary N) is 2. The number of carbonyl (C=O) groups excluding carboxylic acids is 2. The molecule has 1 aliphatic heterocycles. The van der Waals surface area contributed by atoms with Gasteiger partial charge >= 0.3 is 6.18 Å². The molecule has 10 heteroatoms. The van der Waals surface area contributed by atoms with Gasteiger partial charge in [-0.15, -0.1) is 0 Å². The average molecular weight is 452 g/mol. The van der Waals surface area contributed by atoms with Gasteiger partial charge in [-0.3, -0.25) is 9.59 Å². The summed E-state index contributed by atoms with van der Waals surface area (Å²) < 4.78 is 52.4. The Balaban J connectivity index is 1.66. The standard InChI is InChI=1S/C22H24F4N4O2/c1-13(2)20(31)29-19-10-14(7-8-27-19)21(32)28-15-4-3-9-30(12-15)16-5-6-17(18(23)11-16)22(24,25)26/h5-8,10-11,13,15H,3-4,9,12H2,1-2H3,(H,28,32)(H,27,29,31). The fourth-order valence-electron chi connectivity index (χ4n) is 3.44. The van der Waals surface area contributed by atoms with Gasteiger partial charge in [0.1, 0.15) is 11.6 Å². The van der Waals surface area contributed by atoms with Crippen molar-refractivity contribution in [3.05, 3.63) is 53.5 Å². The summed E-state index contributed by atoms with van der Waals surface area (Å²) in [6, 6.07) is 5.57. The van der Waals surface area contributed by atoms with Gasteiger partial charge in [0.15, 0.2) is 0 Å². The summed E-state index contributed by atoms with van der Waals surface area (Å²) in [6.45, 7) is 4.35. The highest BCUT2D eigenvalue weighted by molar-refractivity contribution is 5.97. The van der Waals surface area contributed by atoms with Crippen molar-refractivity contribution in [3.8, 4) is 0 Å². The molecule has 1 aromatic carbocycles. The molecule has 0 saturated carbocycles. The largest absolute Gasteiger partial charge is 0.419 e. The van der Waals surface area contributed by atoms with Gasteiger partial charge in [0.05, 0.1) is 5.56 Å². The summed E-state index contributed by atoms with van der Waals surface area (Å²) in [5.41, 5.74) is -0.657. The number of piperidine rings is 1. The van der Waals surface area contributed by atoms with Gasteiger partial charge in [0.25, 0.3) is 5.91 Å². The summed E-state index contributed by atoms with van der Waals surface area (Å²) in [5, 5.41) is 5.53. The monoisotopic (exact) mass is 452 g/mol. The highest BCUT2D eigenvalue weighted by atomic mass is 19.4. The van der Waals surface area contributed by atoms with E-state index in [4.69, 9.17) is 0 Å². The van der Waals surface area contributed by atoms with E-state index in [1.807, 2.05) is 0 Å². The lowest BCUT2D eigenvalue weighted by molar-refractivity contribution is -0.140. The van der Waals surface area contributed by atoms with Gasteiger partial charge in [-0.25, -0.2) is 9.37 Å². The molecule has 3 rings (SSSR count). The maximum atomic E-state index is 14.0. The zero-order valence-electron chi connectivity index (χ0n) is 17.7. The van der Waals surface area contributed by atoms with E-state index in [1.165, 1.54) is 24.4 Å². The van der Waals surface area contributed by atoms with Crippen LogP contribution in [0.2, 0.25) is 0 Å². The van der Waals surface area contributed by atoms with Gasteiger partial charge in [-0.2, -0.15) is 13.2 Å². The summed E-state index contributed by atoms with van der Waals surface area (Å²) >= 11 is 0. The van der Waals surface area contributed by atoms with Crippen LogP contribution in [0.5, 0.6) is 0 Å². The number of amides is 2. The zero-order valence-corrected chi connectivity index (χ0v) is 17.7. The molecular formula is C22H24F4N4O2.